The quantitative estimate of drug-likeness (QED) is 0.524. The van der Waals surface area contributed by atoms with Crippen LogP contribution in [0.4, 0.5) is 5.82 Å². The lowest BCUT2D eigenvalue weighted by Gasteiger charge is -2.31. The number of nitrogen functional groups attached to an aromatic ring is 1. The fourth-order valence-corrected chi connectivity index (χ4v) is 5.03. The summed E-state index contributed by atoms with van der Waals surface area (Å²) < 4.78 is 31.5. The SMILES string of the molecule is Nc1ncnc2c1ncn2[C@@H]1O[C@@H]2CO[P@](=O)(NCc3ccccc3)O[C@H]2[C@H]1O. The first kappa shape index (κ1) is 18.6. The third-order valence-electron chi connectivity index (χ3n) is 4.96. The molecule has 1 aromatic carbocycles. The van der Waals surface area contributed by atoms with Crippen LogP contribution in [-0.2, 0) is 24.9 Å². The molecule has 3 aromatic rings. The van der Waals surface area contributed by atoms with Crippen LogP contribution in [0.1, 0.15) is 11.8 Å². The van der Waals surface area contributed by atoms with E-state index in [-0.39, 0.29) is 12.4 Å². The number of aliphatic hydroxyl groups is 1. The Kier molecular flexibility index (Phi) is 4.58. The molecule has 2 aliphatic heterocycles. The molecule has 0 amide bonds. The lowest BCUT2D eigenvalue weighted by atomic mass is 10.1. The Morgan fingerprint density at radius 3 is 2.93 bits per heavy atom. The van der Waals surface area contributed by atoms with Crippen LogP contribution in [0.15, 0.2) is 43.0 Å². The molecule has 2 saturated heterocycles. The topological polar surface area (TPSA) is 147 Å². The van der Waals surface area contributed by atoms with E-state index in [2.05, 4.69) is 20.0 Å². The first-order valence-electron chi connectivity index (χ1n) is 9.03. The van der Waals surface area contributed by atoms with E-state index in [1.807, 2.05) is 30.3 Å². The molecule has 0 unspecified atom stereocenters. The number of aromatic nitrogens is 4. The molecule has 12 heteroatoms. The number of nitrogens with two attached hydrogens (primary N) is 1. The molecule has 0 saturated carbocycles. The Labute approximate surface area is 165 Å². The number of nitrogens with one attached hydrogen (secondary N) is 1. The molecule has 2 aromatic heterocycles. The summed E-state index contributed by atoms with van der Waals surface area (Å²) in [6.07, 6.45) is -0.592. The Hall–Kier alpha value is -2.40. The zero-order valence-corrected chi connectivity index (χ0v) is 16.1. The smallest absolute Gasteiger partial charge is 0.386 e. The van der Waals surface area contributed by atoms with Gasteiger partial charge in [0.1, 0.15) is 30.2 Å². The van der Waals surface area contributed by atoms with Gasteiger partial charge < -0.3 is 15.6 Å². The van der Waals surface area contributed by atoms with Crippen molar-refractivity contribution in [2.75, 3.05) is 12.3 Å². The summed E-state index contributed by atoms with van der Waals surface area (Å²) in [6, 6.07) is 9.46. The van der Waals surface area contributed by atoms with Crippen molar-refractivity contribution < 1.29 is 23.5 Å². The van der Waals surface area contributed by atoms with Crippen molar-refractivity contribution in [1.82, 2.24) is 24.6 Å². The number of hydrogen-bond donors (Lipinski definition) is 3. The van der Waals surface area contributed by atoms with Crippen LogP contribution in [0.2, 0.25) is 0 Å². The largest absolute Gasteiger partial charge is 0.406 e. The van der Waals surface area contributed by atoms with Gasteiger partial charge in [-0.05, 0) is 5.56 Å². The van der Waals surface area contributed by atoms with Gasteiger partial charge in [-0.15, -0.1) is 0 Å². The number of imidazole rings is 1. The minimum atomic E-state index is -3.61. The van der Waals surface area contributed by atoms with E-state index in [4.69, 9.17) is 19.5 Å². The number of benzene rings is 1. The number of aliphatic hydroxyl groups excluding tert-OH is 1. The fourth-order valence-electron chi connectivity index (χ4n) is 3.50. The van der Waals surface area contributed by atoms with E-state index in [0.717, 1.165) is 5.56 Å². The van der Waals surface area contributed by atoms with Crippen LogP contribution in [0.25, 0.3) is 11.2 Å². The first-order chi connectivity index (χ1) is 14.0. The van der Waals surface area contributed by atoms with Crippen molar-refractivity contribution in [2.24, 2.45) is 0 Å². The summed E-state index contributed by atoms with van der Waals surface area (Å²) >= 11 is 0. The highest BCUT2D eigenvalue weighted by atomic mass is 31.2. The first-order valence-corrected chi connectivity index (χ1v) is 10.6. The predicted molar refractivity (Wildman–Crippen MR) is 101 cm³/mol. The zero-order valence-electron chi connectivity index (χ0n) is 15.2. The highest BCUT2D eigenvalue weighted by Gasteiger charge is 2.52. The summed E-state index contributed by atoms with van der Waals surface area (Å²) in [7, 11) is -3.61. The van der Waals surface area contributed by atoms with Gasteiger partial charge in [0.05, 0.1) is 12.9 Å². The Morgan fingerprint density at radius 1 is 1.28 bits per heavy atom. The molecule has 2 aliphatic rings. The molecule has 29 heavy (non-hydrogen) atoms. The van der Waals surface area contributed by atoms with Crippen LogP contribution in [-0.4, -0.2) is 49.5 Å². The summed E-state index contributed by atoms with van der Waals surface area (Å²) in [4.78, 5) is 12.3. The van der Waals surface area contributed by atoms with Crippen LogP contribution < -0.4 is 10.8 Å². The molecule has 5 atom stereocenters. The normalized spacial score (nSPS) is 31.8. The van der Waals surface area contributed by atoms with Crippen LogP contribution in [0, 0.1) is 0 Å². The van der Waals surface area contributed by atoms with Gasteiger partial charge in [0.25, 0.3) is 0 Å². The third kappa shape index (κ3) is 3.31. The van der Waals surface area contributed by atoms with Crippen molar-refractivity contribution in [2.45, 2.75) is 31.1 Å². The minimum Gasteiger partial charge on any atom is -0.386 e. The van der Waals surface area contributed by atoms with Gasteiger partial charge in [0, 0.05) is 6.54 Å². The Morgan fingerprint density at radius 2 is 2.10 bits per heavy atom. The van der Waals surface area contributed by atoms with Crippen molar-refractivity contribution in [3.63, 3.8) is 0 Å². The number of ether oxygens (including phenoxy) is 1. The molecule has 11 nitrogen and oxygen atoms in total. The van der Waals surface area contributed by atoms with Gasteiger partial charge in [0.2, 0.25) is 0 Å². The molecular weight excluding hydrogens is 399 g/mol. The van der Waals surface area contributed by atoms with Gasteiger partial charge in [0.15, 0.2) is 17.7 Å². The lowest BCUT2D eigenvalue weighted by Crippen LogP contribution is -2.41. The molecule has 4 heterocycles. The highest BCUT2D eigenvalue weighted by Crippen LogP contribution is 2.53. The summed E-state index contributed by atoms with van der Waals surface area (Å²) in [5.41, 5.74) is 7.58. The minimum absolute atomic E-state index is 0.0149. The molecule has 2 fully saturated rings. The molecule has 0 spiro atoms. The van der Waals surface area contributed by atoms with Crippen molar-refractivity contribution >= 4 is 24.7 Å². The van der Waals surface area contributed by atoms with E-state index < -0.39 is 32.3 Å². The molecule has 152 valence electrons. The molecular formula is C17H19N6O5P. The van der Waals surface area contributed by atoms with Crippen molar-refractivity contribution in [3.8, 4) is 0 Å². The van der Waals surface area contributed by atoms with E-state index in [9.17, 15) is 9.67 Å². The van der Waals surface area contributed by atoms with Crippen LogP contribution in [0.3, 0.4) is 0 Å². The number of anilines is 1. The number of rotatable bonds is 4. The third-order valence-corrected chi connectivity index (χ3v) is 6.51. The maximum atomic E-state index is 13.0. The van der Waals surface area contributed by atoms with Gasteiger partial charge in [-0.3, -0.25) is 13.6 Å². The van der Waals surface area contributed by atoms with Crippen LogP contribution >= 0.6 is 7.75 Å². The Balaban J connectivity index is 1.34. The zero-order chi connectivity index (χ0) is 20.0. The van der Waals surface area contributed by atoms with Crippen molar-refractivity contribution in [1.29, 1.82) is 0 Å². The average Bonchev–Trinajstić information content (AvgIpc) is 3.30. The molecule has 5 rings (SSSR count). The second-order valence-corrected chi connectivity index (χ2v) is 8.60. The molecule has 0 aliphatic carbocycles. The van der Waals surface area contributed by atoms with Gasteiger partial charge in [-0.1, -0.05) is 30.3 Å². The monoisotopic (exact) mass is 418 g/mol. The van der Waals surface area contributed by atoms with Gasteiger partial charge >= 0.3 is 7.75 Å². The van der Waals surface area contributed by atoms with Crippen molar-refractivity contribution in [3.05, 3.63) is 48.5 Å². The number of nitrogens with zero attached hydrogens (tertiary/aromatic N) is 4. The maximum absolute atomic E-state index is 13.0. The van der Waals surface area contributed by atoms with E-state index >= 15 is 0 Å². The van der Waals surface area contributed by atoms with Crippen LogP contribution in [0.5, 0.6) is 0 Å². The molecule has 4 N–H and O–H groups in total. The maximum Gasteiger partial charge on any atom is 0.406 e. The number of fused-ring (bicyclic) bond motifs is 2. The average molecular weight is 418 g/mol. The predicted octanol–water partition coefficient (Wildman–Crippen LogP) is 0.980. The second kappa shape index (κ2) is 7.13. The van der Waals surface area contributed by atoms with E-state index in [0.29, 0.717) is 17.7 Å². The summed E-state index contributed by atoms with van der Waals surface area (Å²) in [5, 5.41) is 13.6. The second-order valence-electron chi connectivity index (χ2n) is 6.82. The molecule has 0 bridgehead atoms. The number of hydrogen-bond acceptors (Lipinski definition) is 9. The van der Waals surface area contributed by atoms with Gasteiger partial charge in [-0.25, -0.2) is 24.6 Å². The lowest BCUT2D eigenvalue weighted by molar-refractivity contribution is -0.0596. The molecule has 0 radical (unpaired) electrons. The standard InChI is InChI=1S/C17H19N6O5P/c18-15-12-16(20-8-19-15)23(9-21-12)17-13(24)14-11(27-17)7-26-29(25,28-14)22-6-10-4-2-1-3-5-10/h1-5,8-9,11,13-14,17,24H,6-7H2,(H,22,25)(H2,18,19,20)/t11-,13-,14-,17-,29-/m1/s1. The summed E-state index contributed by atoms with van der Waals surface area (Å²) in [5.74, 6) is 0.229. The fraction of sp³-hybridized carbons (Fsp3) is 0.353. The Bertz CT molecular complexity index is 1080. The van der Waals surface area contributed by atoms with Gasteiger partial charge in [-0.2, -0.15) is 0 Å². The summed E-state index contributed by atoms with van der Waals surface area (Å²) in [6.45, 7) is 0.319. The van der Waals surface area contributed by atoms with E-state index in [1.54, 1.807) is 4.57 Å². The van der Waals surface area contributed by atoms with E-state index in [1.165, 1.54) is 12.7 Å². The highest BCUT2D eigenvalue weighted by molar-refractivity contribution is 7.51.